The fraction of sp³-hybridized carbons (Fsp3) is 0.333. The average Bonchev–Trinajstić information content (AvgIpc) is 3.45. The monoisotopic (exact) mass is 327 g/mol. The number of fused-ring (bicyclic) bond motifs is 1. The van der Waals surface area contributed by atoms with E-state index in [0.717, 1.165) is 12.8 Å². The second-order valence-corrected chi connectivity index (χ2v) is 7.43. The fourth-order valence-corrected chi connectivity index (χ4v) is 3.90. The van der Waals surface area contributed by atoms with E-state index >= 15 is 0 Å². The third-order valence-corrected chi connectivity index (χ3v) is 5.58. The van der Waals surface area contributed by atoms with Gasteiger partial charge in [0.2, 0.25) is 0 Å². The van der Waals surface area contributed by atoms with Crippen LogP contribution in [0, 0.1) is 17.8 Å². The summed E-state index contributed by atoms with van der Waals surface area (Å²) in [4.78, 5) is 0. The number of benzene rings is 2. The van der Waals surface area contributed by atoms with Gasteiger partial charge < -0.3 is 4.57 Å². The summed E-state index contributed by atoms with van der Waals surface area (Å²) < 4.78 is 2.25. The lowest BCUT2D eigenvalue weighted by atomic mass is 9.78. The van der Waals surface area contributed by atoms with Crippen molar-refractivity contribution >= 4 is 10.9 Å². The van der Waals surface area contributed by atoms with Gasteiger partial charge in [-0.15, -0.1) is 5.92 Å². The summed E-state index contributed by atoms with van der Waals surface area (Å²) in [5.74, 6) is 7.89. The molecule has 1 unspecified atom stereocenters. The molecule has 1 heterocycles. The van der Waals surface area contributed by atoms with Crippen LogP contribution in [0.5, 0.6) is 0 Å². The fourth-order valence-electron chi connectivity index (χ4n) is 3.90. The minimum absolute atomic E-state index is 0.0302. The smallest absolute Gasteiger partial charge is 0.0583 e. The van der Waals surface area contributed by atoms with Crippen molar-refractivity contribution in [1.82, 2.24) is 4.57 Å². The lowest BCUT2D eigenvalue weighted by Gasteiger charge is -2.23. The number of nitrogens with zero attached hydrogens (tertiary/aromatic N) is 1. The van der Waals surface area contributed by atoms with E-state index in [2.05, 4.69) is 91.2 Å². The minimum Gasteiger partial charge on any atom is -0.350 e. The molecule has 1 nitrogen and oxygen atoms in total. The van der Waals surface area contributed by atoms with Crippen molar-refractivity contribution in [3.05, 3.63) is 71.9 Å². The Labute approximate surface area is 150 Å². The maximum Gasteiger partial charge on any atom is 0.0583 e. The number of aromatic nitrogens is 1. The summed E-state index contributed by atoms with van der Waals surface area (Å²) in [6.45, 7) is 2.35. The Morgan fingerprint density at radius 3 is 2.52 bits per heavy atom. The molecule has 2 aromatic carbocycles. The van der Waals surface area contributed by atoms with Gasteiger partial charge in [0, 0.05) is 30.6 Å². The molecule has 1 aliphatic rings. The number of hydrogen-bond donors (Lipinski definition) is 0. The van der Waals surface area contributed by atoms with Crippen LogP contribution in [0.15, 0.2) is 60.8 Å². The maximum absolute atomic E-state index is 3.69. The van der Waals surface area contributed by atoms with E-state index in [1.165, 1.54) is 34.9 Å². The van der Waals surface area contributed by atoms with Crippen LogP contribution in [-0.2, 0) is 18.9 Å². The van der Waals surface area contributed by atoms with Crippen LogP contribution in [0.1, 0.15) is 37.3 Å². The van der Waals surface area contributed by atoms with Crippen LogP contribution in [-0.4, -0.2) is 4.57 Å². The van der Waals surface area contributed by atoms with E-state index < -0.39 is 0 Å². The molecule has 0 aliphatic heterocycles. The molecule has 1 saturated carbocycles. The van der Waals surface area contributed by atoms with Crippen molar-refractivity contribution in [2.24, 2.45) is 13.0 Å². The summed E-state index contributed by atoms with van der Waals surface area (Å²) >= 11 is 0. The van der Waals surface area contributed by atoms with Gasteiger partial charge in [0.05, 0.1) is 5.41 Å². The van der Waals surface area contributed by atoms with Gasteiger partial charge in [0.25, 0.3) is 0 Å². The summed E-state index contributed by atoms with van der Waals surface area (Å²) in [5.41, 5.74) is 4.04. The van der Waals surface area contributed by atoms with E-state index in [1.807, 2.05) is 0 Å². The summed E-state index contributed by atoms with van der Waals surface area (Å²) in [6.07, 6.45) is 6.86. The first-order valence-electron chi connectivity index (χ1n) is 9.27. The Hall–Kier alpha value is -2.46. The van der Waals surface area contributed by atoms with Crippen LogP contribution in [0.25, 0.3) is 10.9 Å². The Balaban J connectivity index is 1.63. The lowest BCUT2D eigenvalue weighted by Crippen LogP contribution is -2.22. The molecule has 1 aliphatic carbocycles. The average molecular weight is 327 g/mol. The zero-order chi connectivity index (χ0) is 17.3. The highest BCUT2D eigenvalue weighted by atomic mass is 14.9. The first kappa shape index (κ1) is 16.0. The predicted octanol–water partition coefficient (Wildman–Crippen LogP) is 5.48. The molecule has 0 amide bonds. The molecule has 0 bridgehead atoms. The van der Waals surface area contributed by atoms with E-state index in [4.69, 9.17) is 0 Å². The van der Waals surface area contributed by atoms with E-state index in [-0.39, 0.29) is 5.41 Å². The molecule has 1 atom stereocenters. The van der Waals surface area contributed by atoms with Crippen molar-refractivity contribution in [1.29, 1.82) is 0 Å². The Bertz CT molecular complexity index is 934. The Morgan fingerprint density at radius 1 is 1.04 bits per heavy atom. The SMILES string of the molecule is Cn1cc(C(C)(C#CCCc2ccccc2)C2CC2)c2ccccc21. The highest BCUT2D eigenvalue weighted by Crippen LogP contribution is 2.49. The Kier molecular flexibility index (Phi) is 4.14. The lowest BCUT2D eigenvalue weighted by molar-refractivity contribution is 0.538. The normalized spacial score (nSPS) is 16.2. The van der Waals surface area contributed by atoms with Crippen molar-refractivity contribution in [3.8, 4) is 11.8 Å². The molecule has 0 N–H and O–H groups in total. The number of hydrogen-bond acceptors (Lipinski definition) is 0. The zero-order valence-electron chi connectivity index (χ0n) is 15.1. The molecule has 25 heavy (non-hydrogen) atoms. The highest BCUT2D eigenvalue weighted by molar-refractivity contribution is 5.85. The molecular weight excluding hydrogens is 302 g/mol. The number of aryl methyl sites for hydroxylation is 2. The van der Waals surface area contributed by atoms with Crippen LogP contribution >= 0.6 is 0 Å². The van der Waals surface area contributed by atoms with Crippen molar-refractivity contribution in [3.63, 3.8) is 0 Å². The quantitative estimate of drug-likeness (QED) is 0.559. The first-order valence-corrected chi connectivity index (χ1v) is 9.27. The molecule has 1 fully saturated rings. The Morgan fingerprint density at radius 2 is 1.76 bits per heavy atom. The van der Waals surface area contributed by atoms with Gasteiger partial charge in [0.15, 0.2) is 0 Å². The highest BCUT2D eigenvalue weighted by Gasteiger charge is 2.43. The number of rotatable bonds is 4. The van der Waals surface area contributed by atoms with Gasteiger partial charge in [-0.1, -0.05) is 54.5 Å². The van der Waals surface area contributed by atoms with Crippen LogP contribution < -0.4 is 0 Å². The van der Waals surface area contributed by atoms with Gasteiger partial charge in [-0.25, -0.2) is 0 Å². The van der Waals surface area contributed by atoms with Gasteiger partial charge >= 0.3 is 0 Å². The first-order chi connectivity index (χ1) is 12.2. The van der Waals surface area contributed by atoms with Crippen LogP contribution in [0.2, 0.25) is 0 Å². The van der Waals surface area contributed by atoms with Gasteiger partial charge in [-0.2, -0.15) is 0 Å². The molecule has 126 valence electrons. The maximum atomic E-state index is 3.69. The summed E-state index contributed by atoms with van der Waals surface area (Å²) in [6, 6.07) is 19.4. The molecule has 0 spiro atoms. The molecule has 0 radical (unpaired) electrons. The third-order valence-electron chi connectivity index (χ3n) is 5.58. The van der Waals surface area contributed by atoms with Crippen LogP contribution in [0.3, 0.4) is 0 Å². The molecule has 1 aromatic heterocycles. The third kappa shape index (κ3) is 3.10. The predicted molar refractivity (Wildman–Crippen MR) is 106 cm³/mol. The van der Waals surface area contributed by atoms with Crippen molar-refractivity contribution in [2.45, 2.75) is 38.0 Å². The molecule has 0 saturated heterocycles. The number of para-hydroxylation sites is 1. The second-order valence-electron chi connectivity index (χ2n) is 7.43. The van der Waals surface area contributed by atoms with Gasteiger partial charge in [0.1, 0.15) is 0 Å². The largest absolute Gasteiger partial charge is 0.350 e. The molecular formula is C24H25N. The summed E-state index contributed by atoms with van der Waals surface area (Å²) in [7, 11) is 2.14. The van der Waals surface area contributed by atoms with Crippen LogP contribution in [0.4, 0.5) is 0 Å². The minimum atomic E-state index is -0.0302. The standard InChI is InChI=1S/C24H25N/c1-24(20-15-16-20,17-9-8-12-19-10-4-3-5-11-19)22-18-25(2)23-14-7-6-13-21(22)23/h3-7,10-11,13-14,18,20H,8,12,15-16H2,1-2H3. The van der Waals surface area contributed by atoms with Crippen molar-refractivity contribution < 1.29 is 0 Å². The van der Waals surface area contributed by atoms with E-state index in [1.54, 1.807) is 0 Å². The molecule has 4 rings (SSSR count). The zero-order valence-corrected chi connectivity index (χ0v) is 15.1. The van der Waals surface area contributed by atoms with E-state index in [0.29, 0.717) is 5.92 Å². The topological polar surface area (TPSA) is 4.93 Å². The summed E-state index contributed by atoms with van der Waals surface area (Å²) in [5, 5.41) is 1.36. The molecule has 3 aromatic rings. The van der Waals surface area contributed by atoms with Gasteiger partial charge in [-0.3, -0.25) is 0 Å². The van der Waals surface area contributed by atoms with Crippen molar-refractivity contribution in [2.75, 3.05) is 0 Å². The van der Waals surface area contributed by atoms with Gasteiger partial charge in [-0.05, 0) is 49.3 Å². The van der Waals surface area contributed by atoms with E-state index in [9.17, 15) is 0 Å². The second kappa shape index (κ2) is 6.45. The molecule has 1 heteroatoms.